The third kappa shape index (κ3) is 8.51. The Hall–Kier alpha value is -4.92. The van der Waals surface area contributed by atoms with E-state index in [-0.39, 0.29) is 31.4 Å². The number of methoxy groups -OCH3 is 2. The highest BCUT2D eigenvalue weighted by molar-refractivity contribution is 6.13. The number of hydrogen-bond donors (Lipinski definition) is 2. The van der Waals surface area contributed by atoms with Gasteiger partial charge in [0.2, 0.25) is 0 Å². The van der Waals surface area contributed by atoms with Crippen molar-refractivity contribution in [3.63, 3.8) is 0 Å². The first kappa shape index (κ1) is 39.8. The van der Waals surface area contributed by atoms with Crippen LogP contribution in [0.3, 0.4) is 0 Å². The van der Waals surface area contributed by atoms with E-state index in [0.717, 1.165) is 34.2 Å². The minimum Gasteiger partial charge on any atom is -0.497 e. The number of aliphatic hydroxyl groups excluding tert-OH is 1. The van der Waals surface area contributed by atoms with Crippen LogP contribution in [0, 0.1) is 5.41 Å². The van der Waals surface area contributed by atoms with Gasteiger partial charge in [-0.1, -0.05) is 85.3 Å². The van der Waals surface area contributed by atoms with Gasteiger partial charge in [-0.05, 0) is 105 Å². The number of ketones is 1. The monoisotopic (exact) mass is 745 g/mol. The summed E-state index contributed by atoms with van der Waals surface area (Å²) < 4.78 is 16.7. The minimum absolute atomic E-state index is 0.0289. The van der Waals surface area contributed by atoms with E-state index in [1.807, 2.05) is 84.9 Å². The van der Waals surface area contributed by atoms with Crippen LogP contribution >= 0.6 is 0 Å². The van der Waals surface area contributed by atoms with Crippen molar-refractivity contribution >= 4 is 11.9 Å². The number of aliphatic hydroxyl groups is 2. The highest BCUT2D eigenvalue weighted by atomic mass is 16.6. The van der Waals surface area contributed by atoms with Gasteiger partial charge >= 0.3 is 6.09 Å². The molecule has 4 atom stereocenters. The van der Waals surface area contributed by atoms with Crippen LogP contribution in [0.2, 0.25) is 0 Å². The number of hydrogen-bond acceptors (Lipinski definition) is 7. The SMILES string of the molecule is CCOC(=O)N(Cc1ccc(OC)cc1OC)CC1(O)CCC2c3ccc(cc3C(=O)c3ccccc3-c3ccccc3)CC(O)CCC(C)=CCCC21C. The summed E-state index contributed by atoms with van der Waals surface area (Å²) in [6, 6.07) is 29.2. The topological polar surface area (TPSA) is 106 Å². The Morgan fingerprint density at radius 3 is 2.40 bits per heavy atom. The smallest absolute Gasteiger partial charge is 0.410 e. The summed E-state index contributed by atoms with van der Waals surface area (Å²) in [5.74, 6) is 0.897. The quantitative estimate of drug-likeness (QED) is 0.123. The van der Waals surface area contributed by atoms with Crippen LogP contribution in [0.1, 0.15) is 97.8 Å². The Kier molecular flexibility index (Phi) is 12.5. The van der Waals surface area contributed by atoms with Gasteiger partial charge in [0, 0.05) is 28.2 Å². The number of carbonyl (C=O) groups is 2. The van der Waals surface area contributed by atoms with Crippen molar-refractivity contribution in [2.24, 2.45) is 5.41 Å². The van der Waals surface area contributed by atoms with Gasteiger partial charge in [-0.25, -0.2) is 4.79 Å². The van der Waals surface area contributed by atoms with Crippen LogP contribution < -0.4 is 9.47 Å². The minimum atomic E-state index is -1.33. The fourth-order valence-electron chi connectivity index (χ4n) is 8.80. The van der Waals surface area contributed by atoms with Crippen LogP contribution in [0.4, 0.5) is 4.79 Å². The molecule has 3 aliphatic rings. The predicted octanol–water partition coefficient (Wildman–Crippen LogP) is 9.30. The second kappa shape index (κ2) is 17.3. The molecule has 1 fully saturated rings. The van der Waals surface area contributed by atoms with Gasteiger partial charge in [-0.15, -0.1) is 0 Å². The fraction of sp³-hybridized carbons (Fsp3) is 0.404. The summed E-state index contributed by atoms with van der Waals surface area (Å²) in [4.78, 5) is 30.3. The van der Waals surface area contributed by atoms with Crippen LogP contribution in [0.25, 0.3) is 11.1 Å². The summed E-state index contributed by atoms with van der Waals surface area (Å²) in [7, 11) is 3.17. The van der Waals surface area contributed by atoms with Gasteiger partial charge in [0.1, 0.15) is 11.5 Å². The lowest BCUT2D eigenvalue weighted by Crippen LogP contribution is -2.53. The number of ether oxygens (including phenoxy) is 3. The zero-order valence-corrected chi connectivity index (χ0v) is 32.8. The predicted molar refractivity (Wildman–Crippen MR) is 216 cm³/mol. The molecule has 0 spiro atoms. The zero-order valence-electron chi connectivity index (χ0n) is 32.8. The molecule has 3 aliphatic carbocycles. The molecule has 0 aromatic heterocycles. The van der Waals surface area contributed by atoms with E-state index in [0.29, 0.717) is 61.2 Å². The third-order valence-electron chi connectivity index (χ3n) is 12.0. The number of carbonyl (C=O) groups excluding carboxylic acids is 2. The van der Waals surface area contributed by atoms with Gasteiger partial charge in [0.15, 0.2) is 5.78 Å². The van der Waals surface area contributed by atoms with Crippen LogP contribution in [-0.4, -0.2) is 66.1 Å². The average Bonchev–Trinajstić information content (AvgIpc) is 3.45. The first-order chi connectivity index (χ1) is 26.5. The molecule has 8 heteroatoms. The van der Waals surface area contributed by atoms with Crippen LogP contribution in [0.15, 0.2) is 103 Å². The van der Waals surface area contributed by atoms with Crippen LogP contribution in [-0.2, 0) is 17.7 Å². The molecular weight excluding hydrogens is 691 g/mol. The molecule has 1 amide bonds. The summed E-state index contributed by atoms with van der Waals surface area (Å²) in [6.07, 6.45) is 5.29. The van der Waals surface area contributed by atoms with E-state index in [1.165, 1.54) is 5.57 Å². The van der Waals surface area contributed by atoms with E-state index in [1.54, 1.807) is 32.1 Å². The van der Waals surface area contributed by atoms with Crippen molar-refractivity contribution in [2.45, 2.75) is 89.9 Å². The Morgan fingerprint density at radius 2 is 1.65 bits per heavy atom. The molecule has 7 rings (SSSR count). The van der Waals surface area contributed by atoms with E-state index < -0.39 is 23.2 Å². The van der Waals surface area contributed by atoms with Gasteiger partial charge < -0.3 is 29.3 Å². The molecular formula is C47H55NO7. The first-order valence-electron chi connectivity index (χ1n) is 19.5. The molecule has 4 aromatic carbocycles. The molecule has 2 N–H and O–H groups in total. The molecule has 0 saturated heterocycles. The summed E-state index contributed by atoms with van der Waals surface area (Å²) in [5.41, 5.74) is 4.63. The molecule has 8 nitrogen and oxygen atoms in total. The van der Waals surface area contributed by atoms with Crippen molar-refractivity contribution in [3.05, 3.63) is 130 Å². The maximum absolute atomic E-state index is 15.0. The maximum atomic E-state index is 15.0. The highest BCUT2D eigenvalue weighted by Gasteiger charge is 2.58. The number of fused-ring (bicyclic) bond motifs is 8. The van der Waals surface area contributed by atoms with E-state index in [9.17, 15) is 19.8 Å². The molecule has 0 radical (unpaired) electrons. The lowest BCUT2D eigenvalue weighted by Gasteiger charge is -2.46. The molecule has 55 heavy (non-hydrogen) atoms. The van der Waals surface area contributed by atoms with E-state index >= 15 is 0 Å². The van der Waals surface area contributed by atoms with Crippen molar-refractivity contribution in [2.75, 3.05) is 27.4 Å². The van der Waals surface area contributed by atoms with E-state index in [2.05, 4.69) is 19.9 Å². The lowest BCUT2D eigenvalue weighted by atomic mass is 9.64. The summed E-state index contributed by atoms with van der Waals surface area (Å²) in [5, 5.41) is 24.2. The molecule has 0 heterocycles. The van der Waals surface area contributed by atoms with E-state index in [4.69, 9.17) is 14.2 Å². The van der Waals surface area contributed by atoms with Gasteiger partial charge in [0.05, 0.1) is 45.6 Å². The standard InChI is InChI=1S/C47H55NO7/c1-6-55-45(51)48(30-35-20-22-37(53-4)29-43(35)54-5)31-47(52)26-24-42-39-23-19-33(27-36(49)21-18-32(2)13-12-25-46(42,47)3)28-41(39)44(50)40-17-11-10-16-38(40)34-14-8-7-9-15-34/h7-11,13-17,19-20,22-23,28-29,36,42,49,52H,6,12,18,21,24-27,30-31H2,1-5H3. The average molecular weight is 746 g/mol. The highest BCUT2D eigenvalue weighted by Crippen LogP contribution is 2.59. The van der Waals surface area contributed by atoms with Crippen molar-refractivity contribution in [3.8, 4) is 22.6 Å². The Labute approximate surface area is 325 Å². The molecule has 290 valence electrons. The summed E-state index contributed by atoms with van der Waals surface area (Å²) >= 11 is 0. The first-order valence-corrected chi connectivity index (χ1v) is 19.5. The molecule has 4 unspecified atom stereocenters. The second-order valence-electron chi connectivity index (χ2n) is 15.4. The van der Waals surface area contributed by atoms with Crippen molar-refractivity contribution in [1.29, 1.82) is 0 Å². The number of amides is 1. The van der Waals surface area contributed by atoms with Gasteiger partial charge in [-0.2, -0.15) is 0 Å². The maximum Gasteiger partial charge on any atom is 0.410 e. The summed E-state index contributed by atoms with van der Waals surface area (Å²) in [6.45, 7) is 6.37. The lowest BCUT2D eigenvalue weighted by molar-refractivity contribution is -0.0821. The molecule has 4 aromatic rings. The van der Waals surface area contributed by atoms with Crippen molar-refractivity contribution in [1.82, 2.24) is 4.90 Å². The number of nitrogens with zero attached hydrogens (tertiary/aromatic N) is 1. The van der Waals surface area contributed by atoms with Crippen molar-refractivity contribution < 1.29 is 34.0 Å². The Balaban J connectivity index is 1.45. The fourth-order valence-corrected chi connectivity index (χ4v) is 8.80. The van der Waals surface area contributed by atoms with Gasteiger partial charge in [0.25, 0.3) is 0 Å². The number of benzene rings is 4. The number of rotatable bonds is 10. The third-order valence-corrected chi connectivity index (χ3v) is 12.0. The second-order valence-corrected chi connectivity index (χ2v) is 15.4. The zero-order chi connectivity index (χ0) is 39.2. The van der Waals surface area contributed by atoms with Crippen LogP contribution in [0.5, 0.6) is 11.5 Å². The Bertz CT molecular complexity index is 2010. The molecule has 2 bridgehead atoms. The molecule has 1 saturated carbocycles. The normalized spacial score (nSPS) is 22.6. The molecule has 0 aliphatic heterocycles. The van der Waals surface area contributed by atoms with Gasteiger partial charge in [-0.3, -0.25) is 4.79 Å². The Morgan fingerprint density at radius 1 is 0.891 bits per heavy atom. The number of allylic oxidation sites excluding steroid dienone is 2. The largest absolute Gasteiger partial charge is 0.497 e.